The molecule has 2 N–H and O–H groups in total. The summed E-state index contributed by atoms with van der Waals surface area (Å²) >= 11 is 0. The Hall–Kier alpha value is -1.59. The number of aliphatic hydroxyl groups is 1. The lowest BCUT2D eigenvalue weighted by Crippen LogP contribution is -2.42. The van der Waals surface area contributed by atoms with Gasteiger partial charge in [0.2, 0.25) is 5.91 Å². The Kier molecular flexibility index (Phi) is 6.68. The Balaban J connectivity index is 1.87. The van der Waals surface area contributed by atoms with Crippen LogP contribution in [0.4, 0.5) is 5.69 Å². The lowest BCUT2D eigenvalue weighted by molar-refractivity contribution is -0.120. The Bertz CT molecular complexity index is 453. The van der Waals surface area contributed by atoms with Gasteiger partial charge in [0.25, 0.3) is 0 Å². The van der Waals surface area contributed by atoms with E-state index in [0.29, 0.717) is 5.75 Å². The predicted molar refractivity (Wildman–Crippen MR) is 87.2 cm³/mol. The monoisotopic (exact) mass is 306 g/mol. The molecule has 1 aliphatic heterocycles. The summed E-state index contributed by atoms with van der Waals surface area (Å²) < 4.78 is 5.30. The minimum Gasteiger partial charge on any atom is -0.491 e. The van der Waals surface area contributed by atoms with Crippen LogP contribution in [-0.2, 0) is 4.79 Å². The van der Waals surface area contributed by atoms with Crippen LogP contribution in [0.25, 0.3) is 0 Å². The van der Waals surface area contributed by atoms with Crippen LogP contribution >= 0.6 is 0 Å². The molecule has 1 aromatic carbocycles. The number of rotatable bonds is 6. The smallest absolute Gasteiger partial charge is 0.241 e. The van der Waals surface area contributed by atoms with E-state index in [0.717, 1.165) is 18.8 Å². The zero-order chi connectivity index (χ0) is 15.8. The molecule has 1 aliphatic rings. The van der Waals surface area contributed by atoms with Gasteiger partial charge in [0.1, 0.15) is 12.4 Å². The molecule has 1 fully saturated rings. The van der Waals surface area contributed by atoms with E-state index in [9.17, 15) is 4.79 Å². The van der Waals surface area contributed by atoms with E-state index in [4.69, 9.17) is 9.84 Å². The molecule has 122 valence electrons. The average molecular weight is 306 g/mol. The first kappa shape index (κ1) is 16.8. The maximum Gasteiger partial charge on any atom is 0.241 e. The van der Waals surface area contributed by atoms with Gasteiger partial charge in [0, 0.05) is 5.69 Å². The van der Waals surface area contributed by atoms with E-state index >= 15 is 0 Å². The maximum absolute atomic E-state index is 12.4. The number of likely N-dealkylation sites (tertiary alicyclic amines) is 1. The van der Waals surface area contributed by atoms with Gasteiger partial charge in [-0.2, -0.15) is 0 Å². The number of hydrogen-bond donors (Lipinski definition) is 2. The number of amides is 1. The lowest BCUT2D eigenvalue weighted by atomic mass is 10.2. The van der Waals surface area contributed by atoms with Crippen molar-refractivity contribution >= 4 is 11.6 Å². The van der Waals surface area contributed by atoms with Crippen LogP contribution in [0.5, 0.6) is 5.75 Å². The number of ether oxygens (including phenoxy) is 1. The van der Waals surface area contributed by atoms with E-state index < -0.39 is 0 Å². The number of anilines is 1. The minimum absolute atomic E-state index is 0.00810. The number of carbonyl (C=O) groups is 1. The second kappa shape index (κ2) is 8.76. The van der Waals surface area contributed by atoms with Gasteiger partial charge in [0.05, 0.1) is 12.6 Å². The fourth-order valence-corrected chi connectivity index (χ4v) is 2.69. The van der Waals surface area contributed by atoms with Gasteiger partial charge < -0.3 is 15.2 Å². The summed E-state index contributed by atoms with van der Waals surface area (Å²) in [6, 6.07) is 7.12. The predicted octanol–water partition coefficient (Wildman–Crippen LogP) is 2.26. The highest BCUT2D eigenvalue weighted by Gasteiger charge is 2.21. The van der Waals surface area contributed by atoms with Crippen LogP contribution in [-0.4, -0.2) is 48.3 Å². The third-order valence-electron chi connectivity index (χ3n) is 4.05. The average Bonchev–Trinajstić information content (AvgIpc) is 2.82. The van der Waals surface area contributed by atoms with Gasteiger partial charge in [-0.15, -0.1) is 0 Å². The van der Waals surface area contributed by atoms with Crippen molar-refractivity contribution in [2.24, 2.45) is 0 Å². The fraction of sp³-hybridized carbons (Fsp3) is 0.588. The molecule has 1 heterocycles. The molecule has 5 nitrogen and oxygen atoms in total. The van der Waals surface area contributed by atoms with E-state index in [-0.39, 0.29) is 25.2 Å². The maximum atomic E-state index is 12.4. The summed E-state index contributed by atoms with van der Waals surface area (Å²) in [5, 5.41) is 11.7. The molecule has 1 aromatic rings. The van der Waals surface area contributed by atoms with Crippen LogP contribution in [0.2, 0.25) is 0 Å². The van der Waals surface area contributed by atoms with Crippen LogP contribution < -0.4 is 10.1 Å². The van der Waals surface area contributed by atoms with E-state index in [1.165, 1.54) is 25.7 Å². The third-order valence-corrected chi connectivity index (χ3v) is 4.05. The van der Waals surface area contributed by atoms with Gasteiger partial charge in [-0.3, -0.25) is 9.69 Å². The molecule has 0 aliphatic carbocycles. The van der Waals surface area contributed by atoms with E-state index in [1.54, 1.807) is 12.1 Å². The molecule has 0 spiro atoms. The van der Waals surface area contributed by atoms with Crippen molar-refractivity contribution in [1.82, 2.24) is 4.90 Å². The van der Waals surface area contributed by atoms with Crippen LogP contribution in [0.1, 0.15) is 32.6 Å². The third kappa shape index (κ3) is 5.00. The number of hydrogen-bond acceptors (Lipinski definition) is 4. The molecule has 1 unspecified atom stereocenters. The van der Waals surface area contributed by atoms with Gasteiger partial charge in [-0.1, -0.05) is 12.8 Å². The highest BCUT2D eigenvalue weighted by molar-refractivity contribution is 5.94. The topological polar surface area (TPSA) is 61.8 Å². The fourth-order valence-electron chi connectivity index (χ4n) is 2.69. The van der Waals surface area contributed by atoms with Crippen molar-refractivity contribution in [2.45, 2.75) is 38.6 Å². The van der Waals surface area contributed by atoms with Crippen LogP contribution in [0, 0.1) is 0 Å². The summed E-state index contributed by atoms with van der Waals surface area (Å²) in [6.45, 7) is 4.24. The summed E-state index contributed by atoms with van der Waals surface area (Å²) in [5.74, 6) is 0.721. The molecule has 1 saturated heterocycles. The molecule has 0 bridgehead atoms. The molecule has 0 saturated carbocycles. The Morgan fingerprint density at radius 3 is 2.45 bits per heavy atom. The molecule has 1 amide bonds. The molecule has 22 heavy (non-hydrogen) atoms. The summed E-state index contributed by atoms with van der Waals surface area (Å²) in [6.07, 6.45) is 4.88. The second-order valence-electron chi connectivity index (χ2n) is 5.71. The normalized spacial score (nSPS) is 17.5. The minimum atomic E-state index is -0.108. The zero-order valence-corrected chi connectivity index (χ0v) is 13.3. The van der Waals surface area contributed by atoms with E-state index in [1.807, 2.05) is 19.1 Å². The van der Waals surface area contributed by atoms with Crippen molar-refractivity contribution in [3.05, 3.63) is 24.3 Å². The molecular weight excluding hydrogens is 280 g/mol. The molecule has 1 atom stereocenters. The first-order valence-corrected chi connectivity index (χ1v) is 8.09. The van der Waals surface area contributed by atoms with E-state index in [2.05, 4.69) is 10.2 Å². The summed E-state index contributed by atoms with van der Waals surface area (Å²) in [4.78, 5) is 14.6. The Morgan fingerprint density at radius 1 is 1.23 bits per heavy atom. The largest absolute Gasteiger partial charge is 0.491 e. The number of nitrogens with one attached hydrogen (secondary N) is 1. The number of benzene rings is 1. The number of carbonyl (C=O) groups excluding carboxylic acids is 1. The van der Waals surface area contributed by atoms with Crippen molar-refractivity contribution in [3.63, 3.8) is 0 Å². The second-order valence-corrected chi connectivity index (χ2v) is 5.71. The van der Waals surface area contributed by atoms with Crippen molar-refractivity contribution < 1.29 is 14.6 Å². The van der Waals surface area contributed by atoms with Gasteiger partial charge in [-0.05, 0) is 57.1 Å². The van der Waals surface area contributed by atoms with Gasteiger partial charge >= 0.3 is 0 Å². The SMILES string of the molecule is CC(C(=O)Nc1ccc(OCCO)cc1)N1CCCCCC1. The van der Waals surface area contributed by atoms with Crippen molar-refractivity contribution in [3.8, 4) is 5.75 Å². The first-order valence-electron chi connectivity index (χ1n) is 8.09. The summed E-state index contributed by atoms with van der Waals surface area (Å²) in [5.41, 5.74) is 0.767. The Morgan fingerprint density at radius 2 is 1.86 bits per heavy atom. The summed E-state index contributed by atoms with van der Waals surface area (Å²) in [7, 11) is 0. The Labute approximate surface area is 132 Å². The van der Waals surface area contributed by atoms with Crippen LogP contribution in [0.3, 0.4) is 0 Å². The molecule has 0 radical (unpaired) electrons. The van der Waals surface area contributed by atoms with Crippen LogP contribution in [0.15, 0.2) is 24.3 Å². The number of aliphatic hydroxyl groups excluding tert-OH is 1. The first-order chi connectivity index (χ1) is 10.7. The van der Waals surface area contributed by atoms with Gasteiger partial charge in [0.15, 0.2) is 0 Å². The molecular formula is C17H26N2O3. The highest BCUT2D eigenvalue weighted by atomic mass is 16.5. The van der Waals surface area contributed by atoms with Gasteiger partial charge in [-0.25, -0.2) is 0 Å². The highest BCUT2D eigenvalue weighted by Crippen LogP contribution is 2.17. The molecule has 2 rings (SSSR count). The van der Waals surface area contributed by atoms with Crippen molar-refractivity contribution in [2.75, 3.05) is 31.6 Å². The van der Waals surface area contributed by atoms with Crippen molar-refractivity contribution in [1.29, 1.82) is 0 Å². The number of nitrogens with zero attached hydrogens (tertiary/aromatic N) is 1. The molecule has 0 aromatic heterocycles. The molecule has 5 heteroatoms. The quantitative estimate of drug-likeness (QED) is 0.846. The zero-order valence-electron chi connectivity index (χ0n) is 13.3. The standard InChI is InChI=1S/C17H26N2O3/c1-14(19-10-4-2-3-5-11-19)17(21)18-15-6-8-16(9-7-15)22-13-12-20/h6-9,14,20H,2-5,10-13H2,1H3,(H,18,21). The lowest BCUT2D eigenvalue weighted by Gasteiger charge is -2.26.